The van der Waals surface area contributed by atoms with Gasteiger partial charge < -0.3 is 20.5 Å². The van der Waals surface area contributed by atoms with Gasteiger partial charge in [0.2, 0.25) is 0 Å². The summed E-state index contributed by atoms with van der Waals surface area (Å²) in [5.41, 5.74) is 6.24. The Bertz CT molecular complexity index is 509. The second kappa shape index (κ2) is 12.1. The Balaban J connectivity index is 2.57. The van der Waals surface area contributed by atoms with E-state index in [9.17, 15) is 4.79 Å². The minimum absolute atomic E-state index is 0.173. The van der Waals surface area contributed by atoms with Crippen LogP contribution in [-0.4, -0.2) is 25.7 Å². The number of carbonyl (C=O) groups excluding carboxylic acids is 1. The standard InChI is InChI=1S/C18H29BrN2O3/c1-3-5-6-7-8-9-21-12-14-10-15(19)18(24-13-17(20)22)16(11-14)23-4-2/h10-11,21H,3-9,12-13H2,1-2H3,(H2,20,22). The van der Waals surface area contributed by atoms with Crippen LogP contribution in [0.25, 0.3) is 0 Å². The average Bonchev–Trinajstić information content (AvgIpc) is 2.53. The summed E-state index contributed by atoms with van der Waals surface area (Å²) < 4.78 is 11.8. The summed E-state index contributed by atoms with van der Waals surface area (Å²) in [4.78, 5) is 10.9. The van der Waals surface area contributed by atoms with Crippen molar-refractivity contribution in [2.75, 3.05) is 19.8 Å². The van der Waals surface area contributed by atoms with Crippen molar-refractivity contribution in [1.29, 1.82) is 0 Å². The van der Waals surface area contributed by atoms with Gasteiger partial charge in [-0.1, -0.05) is 32.6 Å². The van der Waals surface area contributed by atoms with E-state index in [0.717, 1.165) is 23.1 Å². The van der Waals surface area contributed by atoms with E-state index in [2.05, 4.69) is 28.2 Å². The number of hydrogen-bond donors (Lipinski definition) is 2. The number of hydrogen-bond acceptors (Lipinski definition) is 4. The molecule has 0 atom stereocenters. The molecule has 0 aliphatic heterocycles. The van der Waals surface area contributed by atoms with Gasteiger partial charge in [-0.25, -0.2) is 0 Å². The first-order chi connectivity index (χ1) is 11.6. The van der Waals surface area contributed by atoms with E-state index in [1.54, 1.807) is 0 Å². The number of ether oxygens (including phenoxy) is 2. The highest BCUT2D eigenvalue weighted by Crippen LogP contribution is 2.36. The maximum atomic E-state index is 10.9. The molecule has 0 heterocycles. The van der Waals surface area contributed by atoms with E-state index in [1.807, 2.05) is 19.1 Å². The van der Waals surface area contributed by atoms with Gasteiger partial charge in [-0.05, 0) is 53.5 Å². The summed E-state index contributed by atoms with van der Waals surface area (Å²) in [5.74, 6) is 0.616. The van der Waals surface area contributed by atoms with Crippen LogP contribution < -0.4 is 20.5 Å². The number of nitrogens with two attached hydrogens (primary N) is 1. The molecule has 0 aliphatic carbocycles. The number of amides is 1. The predicted molar refractivity (Wildman–Crippen MR) is 100 cm³/mol. The first-order valence-corrected chi connectivity index (χ1v) is 9.44. The molecule has 1 amide bonds. The van der Waals surface area contributed by atoms with Crippen molar-refractivity contribution >= 4 is 21.8 Å². The molecule has 5 nitrogen and oxygen atoms in total. The first-order valence-electron chi connectivity index (χ1n) is 8.65. The lowest BCUT2D eigenvalue weighted by molar-refractivity contribution is -0.119. The molecular weight excluding hydrogens is 372 g/mol. The molecule has 0 spiro atoms. The quantitative estimate of drug-likeness (QED) is 0.494. The topological polar surface area (TPSA) is 73.6 Å². The number of benzene rings is 1. The zero-order chi connectivity index (χ0) is 17.8. The van der Waals surface area contributed by atoms with Crippen LogP contribution in [0.2, 0.25) is 0 Å². The number of rotatable bonds is 13. The van der Waals surface area contributed by atoms with E-state index in [-0.39, 0.29) is 6.61 Å². The highest BCUT2D eigenvalue weighted by atomic mass is 79.9. The number of nitrogens with one attached hydrogen (secondary N) is 1. The maximum Gasteiger partial charge on any atom is 0.255 e. The van der Waals surface area contributed by atoms with Crippen molar-refractivity contribution in [3.05, 3.63) is 22.2 Å². The molecule has 136 valence electrons. The van der Waals surface area contributed by atoms with Crippen molar-refractivity contribution in [1.82, 2.24) is 5.32 Å². The number of unbranched alkanes of at least 4 members (excludes halogenated alkanes) is 4. The maximum absolute atomic E-state index is 10.9. The van der Waals surface area contributed by atoms with Crippen LogP contribution in [0.15, 0.2) is 16.6 Å². The molecular formula is C18H29BrN2O3. The van der Waals surface area contributed by atoms with Crippen LogP contribution in [0.1, 0.15) is 51.5 Å². The molecule has 1 aromatic rings. The number of carbonyl (C=O) groups is 1. The third-order valence-corrected chi connectivity index (χ3v) is 4.10. The highest BCUT2D eigenvalue weighted by molar-refractivity contribution is 9.10. The predicted octanol–water partition coefficient (Wildman–Crippen LogP) is 3.77. The zero-order valence-electron chi connectivity index (χ0n) is 14.7. The molecule has 0 unspecified atom stereocenters. The van der Waals surface area contributed by atoms with Gasteiger partial charge in [-0.3, -0.25) is 4.79 Å². The summed E-state index contributed by atoms with van der Waals surface area (Å²) >= 11 is 3.48. The Hall–Kier alpha value is -1.27. The fourth-order valence-corrected chi connectivity index (χ4v) is 2.96. The minimum Gasteiger partial charge on any atom is -0.490 e. The second-order valence-corrected chi connectivity index (χ2v) is 6.54. The summed E-state index contributed by atoms with van der Waals surface area (Å²) in [6, 6.07) is 3.91. The fraction of sp³-hybridized carbons (Fsp3) is 0.611. The fourth-order valence-electron chi connectivity index (χ4n) is 2.36. The Morgan fingerprint density at radius 3 is 2.58 bits per heavy atom. The van der Waals surface area contributed by atoms with Crippen LogP contribution in [0.5, 0.6) is 11.5 Å². The van der Waals surface area contributed by atoms with Crippen LogP contribution >= 0.6 is 15.9 Å². The molecule has 0 saturated heterocycles. The normalized spacial score (nSPS) is 10.6. The van der Waals surface area contributed by atoms with Gasteiger partial charge in [-0.2, -0.15) is 0 Å². The monoisotopic (exact) mass is 400 g/mol. The molecule has 1 rings (SSSR count). The van der Waals surface area contributed by atoms with E-state index < -0.39 is 5.91 Å². The largest absolute Gasteiger partial charge is 0.490 e. The molecule has 0 aromatic heterocycles. The summed E-state index contributed by atoms with van der Waals surface area (Å²) in [5, 5.41) is 3.45. The summed E-state index contributed by atoms with van der Waals surface area (Å²) in [6.45, 7) is 6.26. The van der Waals surface area contributed by atoms with Crippen molar-refractivity contribution in [2.24, 2.45) is 5.73 Å². The lowest BCUT2D eigenvalue weighted by Gasteiger charge is -2.15. The van der Waals surface area contributed by atoms with Gasteiger partial charge in [0.15, 0.2) is 18.1 Å². The Kier molecular flexibility index (Phi) is 10.5. The van der Waals surface area contributed by atoms with E-state index in [1.165, 1.54) is 32.1 Å². The van der Waals surface area contributed by atoms with Gasteiger partial charge in [0.05, 0.1) is 11.1 Å². The van der Waals surface area contributed by atoms with E-state index >= 15 is 0 Å². The van der Waals surface area contributed by atoms with Crippen LogP contribution in [0, 0.1) is 0 Å². The van der Waals surface area contributed by atoms with Crippen molar-refractivity contribution in [3.63, 3.8) is 0 Å². The van der Waals surface area contributed by atoms with Crippen molar-refractivity contribution < 1.29 is 14.3 Å². The first kappa shape index (κ1) is 20.8. The summed E-state index contributed by atoms with van der Waals surface area (Å²) in [7, 11) is 0. The van der Waals surface area contributed by atoms with Gasteiger partial charge in [0.1, 0.15) is 0 Å². The zero-order valence-corrected chi connectivity index (χ0v) is 16.3. The third kappa shape index (κ3) is 8.02. The highest BCUT2D eigenvalue weighted by Gasteiger charge is 2.13. The molecule has 0 bridgehead atoms. The molecule has 0 aliphatic rings. The summed E-state index contributed by atoms with van der Waals surface area (Å²) in [6.07, 6.45) is 6.36. The average molecular weight is 401 g/mol. The lowest BCUT2D eigenvalue weighted by atomic mass is 10.1. The molecule has 6 heteroatoms. The SMILES string of the molecule is CCCCCCCNCc1cc(Br)c(OCC(N)=O)c(OCC)c1. The minimum atomic E-state index is -0.516. The molecule has 0 fully saturated rings. The Labute approximate surface area is 153 Å². The van der Waals surface area contributed by atoms with Gasteiger partial charge >= 0.3 is 0 Å². The Morgan fingerprint density at radius 2 is 1.92 bits per heavy atom. The third-order valence-electron chi connectivity index (χ3n) is 3.51. The van der Waals surface area contributed by atoms with Crippen LogP contribution in [0.3, 0.4) is 0 Å². The van der Waals surface area contributed by atoms with Crippen LogP contribution in [-0.2, 0) is 11.3 Å². The Morgan fingerprint density at radius 1 is 1.17 bits per heavy atom. The smallest absolute Gasteiger partial charge is 0.255 e. The van der Waals surface area contributed by atoms with Gasteiger partial charge in [0, 0.05) is 6.54 Å². The molecule has 0 radical (unpaired) electrons. The number of halogens is 1. The molecule has 1 aromatic carbocycles. The van der Waals surface area contributed by atoms with Gasteiger partial charge in [0.25, 0.3) is 5.91 Å². The van der Waals surface area contributed by atoms with Crippen molar-refractivity contribution in [3.8, 4) is 11.5 Å². The van der Waals surface area contributed by atoms with E-state index in [0.29, 0.717) is 18.1 Å². The second-order valence-electron chi connectivity index (χ2n) is 5.68. The lowest BCUT2D eigenvalue weighted by Crippen LogP contribution is -2.20. The van der Waals surface area contributed by atoms with Crippen LogP contribution in [0.4, 0.5) is 0 Å². The van der Waals surface area contributed by atoms with Crippen molar-refractivity contribution in [2.45, 2.75) is 52.5 Å². The van der Waals surface area contributed by atoms with E-state index in [4.69, 9.17) is 15.2 Å². The number of primary amides is 1. The molecule has 0 saturated carbocycles. The molecule has 3 N–H and O–H groups in total. The molecule has 24 heavy (non-hydrogen) atoms. The van der Waals surface area contributed by atoms with Gasteiger partial charge in [-0.15, -0.1) is 0 Å².